The van der Waals surface area contributed by atoms with Crippen molar-refractivity contribution >= 4 is 27.5 Å². The number of amides is 1. The average molecular weight is 525 g/mol. The van der Waals surface area contributed by atoms with Gasteiger partial charge in [0, 0.05) is 43.8 Å². The van der Waals surface area contributed by atoms with Crippen molar-refractivity contribution in [3.63, 3.8) is 0 Å². The maximum absolute atomic E-state index is 12.8. The second-order valence-electron chi connectivity index (χ2n) is 7.31. The van der Waals surface area contributed by atoms with E-state index in [-0.39, 0.29) is 18.8 Å². The van der Waals surface area contributed by atoms with Crippen molar-refractivity contribution in [2.75, 3.05) is 6.54 Å². The Hall–Kier alpha value is -3.22. The molecular formula is C20H20BrF3N8O. The minimum absolute atomic E-state index is 0.177. The van der Waals surface area contributed by atoms with Gasteiger partial charge in [0.2, 0.25) is 0 Å². The molecule has 4 aromatic heterocycles. The number of fused-ring (bicyclic) bond motifs is 1. The smallest absolute Gasteiger partial charge is 0.351 e. The largest absolute Gasteiger partial charge is 0.435 e. The van der Waals surface area contributed by atoms with Gasteiger partial charge in [-0.1, -0.05) is 0 Å². The average Bonchev–Trinajstić information content (AvgIpc) is 3.47. The molecule has 1 amide bonds. The van der Waals surface area contributed by atoms with Crippen molar-refractivity contribution in [3.8, 4) is 11.4 Å². The molecule has 0 aliphatic carbocycles. The fraction of sp³-hybridized carbons (Fsp3) is 0.350. The Morgan fingerprint density at radius 1 is 1.21 bits per heavy atom. The Morgan fingerprint density at radius 3 is 2.67 bits per heavy atom. The van der Waals surface area contributed by atoms with Crippen LogP contribution in [0.4, 0.5) is 13.2 Å². The number of rotatable bonds is 7. The summed E-state index contributed by atoms with van der Waals surface area (Å²) in [6, 6.07) is 4.33. The predicted molar refractivity (Wildman–Crippen MR) is 116 cm³/mol. The number of aromatic nitrogens is 7. The molecule has 0 spiro atoms. The summed E-state index contributed by atoms with van der Waals surface area (Å²) in [4.78, 5) is 16.8. The molecule has 0 unspecified atom stereocenters. The molecule has 0 aliphatic heterocycles. The second-order valence-corrected chi connectivity index (χ2v) is 8.17. The number of alkyl halides is 3. The summed E-state index contributed by atoms with van der Waals surface area (Å²) in [5, 5.41) is 15.2. The van der Waals surface area contributed by atoms with Crippen molar-refractivity contribution in [2.45, 2.75) is 39.5 Å². The highest BCUT2D eigenvalue weighted by Crippen LogP contribution is 2.28. The Morgan fingerprint density at radius 2 is 2.00 bits per heavy atom. The van der Waals surface area contributed by atoms with E-state index in [9.17, 15) is 18.0 Å². The van der Waals surface area contributed by atoms with Crippen LogP contribution in [0.2, 0.25) is 0 Å². The molecule has 9 nitrogen and oxygen atoms in total. The first-order valence-electron chi connectivity index (χ1n) is 10.2. The zero-order chi connectivity index (χ0) is 23.8. The standard InChI is InChI=1S/C20H20BrF3N8O/c1-3-30-11-13(21)18(29-30)15-5-7-25-17-10-14(27-32(15)17)19(33)26-6-4-8-31-12(2)9-16(28-31)20(22,23)24/h5,7,9-11H,3-4,6,8H2,1-2H3,(H,26,33). The summed E-state index contributed by atoms with van der Waals surface area (Å²) in [5.74, 6) is -0.405. The number of nitrogens with one attached hydrogen (secondary N) is 1. The van der Waals surface area contributed by atoms with Gasteiger partial charge in [-0.2, -0.15) is 28.5 Å². The first-order chi connectivity index (χ1) is 15.7. The molecule has 4 aromatic rings. The fourth-order valence-corrected chi connectivity index (χ4v) is 3.83. The Labute approximate surface area is 194 Å². The van der Waals surface area contributed by atoms with Gasteiger partial charge in [-0.15, -0.1) is 0 Å². The Balaban J connectivity index is 1.43. The molecule has 0 saturated carbocycles. The minimum Gasteiger partial charge on any atom is -0.351 e. The predicted octanol–water partition coefficient (Wildman–Crippen LogP) is 3.72. The monoisotopic (exact) mass is 524 g/mol. The molecule has 0 fully saturated rings. The van der Waals surface area contributed by atoms with E-state index in [2.05, 4.69) is 41.5 Å². The molecule has 4 heterocycles. The highest BCUT2D eigenvalue weighted by molar-refractivity contribution is 9.10. The van der Waals surface area contributed by atoms with E-state index in [0.717, 1.165) is 10.5 Å². The van der Waals surface area contributed by atoms with Gasteiger partial charge < -0.3 is 5.32 Å². The lowest BCUT2D eigenvalue weighted by atomic mass is 10.3. The maximum atomic E-state index is 12.8. The van der Waals surface area contributed by atoms with Gasteiger partial charge in [-0.05, 0) is 48.3 Å². The van der Waals surface area contributed by atoms with Crippen molar-refractivity contribution < 1.29 is 18.0 Å². The van der Waals surface area contributed by atoms with E-state index in [4.69, 9.17) is 0 Å². The van der Waals surface area contributed by atoms with Gasteiger partial charge in [0.05, 0.1) is 10.2 Å². The summed E-state index contributed by atoms with van der Waals surface area (Å²) < 4.78 is 43.7. The van der Waals surface area contributed by atoms with E-state index >= 15 is 0 Å². The van der Waals surface area contributed by atoms with E-state index in [0.29, 0.717) is 35.7 Å². The quantitative estimate of drug-likeness (QED) is 0.372. The number of halogens is 4. The zero-order valence-corrected chi connectivity index (χ0v) is 19.4. The molecule has 33 heavy (non-hydrogen) atoms. The molecule has 0 saturated heterocycles. The van der Waals surface area contributed by atoms with Gasteiger partial charge in [-0.3, -0.25) is 14.2 Å². The molecule has 0 aliphatic rings. The van der Waals surface area contributed by atoms with Gasteiger partial charge in [0.1, 0.15) is 5.69 Å². The fourth-order valence-electron chi connectivity index (χ4n) is 3.31. The van der Waals surface area contributed by atoms with Gasteiger partial charge in [0.25, 0.3) is 5.91 Å². The third kappa shape index (κ3) is 4.77. The number of carbonyl (C=O) groups excluding carboxylic acids is 1. The molecular weight excluding hydrogens is 505 g/mol. The molecule has 0 atom stereocenters. The van der Waals surface area contributed by atoms with Crippen LogP contribution >= 0.6 is 15.9 Å². The van der Waals surface area contributed by atoms with E-state index in [1.807, 2.05) is 13.1 Å². The number of hydrogen-bond acceptors (Lipinski definition) is 5. The number of carbonyl (C=O) groups is 1. The molecule has 0 aromatic carbocycles. The van der Waals surface area contributed by atoms with Gasteiger partial charge in [-0.25, -0.2) is 9.50 Å². The SMILES string of the molecule is CCn1cc(Br)c(-c2ccnc3cc(C(=O)NCCCn4nc(C(F)(F)F)cc4C)nn23)n1. The van der Waals surface area contributed by atoms with E-state index in [1.54, 1.807) is 34.5 Å². The summed E-state index contributed by atoms with van der Waals surface area (Å²) in [5.41, 5.74) is 1.50. The number of nitrogens with zero attached hydrogens (tertiary/aromatic N) is 7. The van der Waals surface area contributed by atoms with Crippen molar-refractivity contribution in [2.24, 2.45) is 0 Å². The van der Waals surface area contributed by atoms with E-state index < -0.39 is 17.8 Å². The first-order valence-corrected chi connectivity index (χ1v) is 10.9. The van der Waals surface area contributed by atoms with Gasteiger partial charge >= 0.3 is 6.18 Å². The summed E-state index contributed by atoms with van der Waals surface area (Å²) in [6.07, 6.45) is -0.598. The van der Waals surface area contributed by atoms with Crippen LogP contribution in [0, 0.1) is 6.92 Å². The van der Waals surface area contributed by atoms with Crippen LogP contribution in [-0.2, 0) is 19.3 Å². The lowest BCUT2D eigenvalue weighted by Crippen LogP contribution is -2.26. The molecule has 4 rings (SSSR count). The van der Waals surface area contributed by atoms with Crippen LogP contribution in [0.1, 0.15) is 35.2 Å². The lowest BCUT2D eigenvalue weighted by Gasteiger charge is -2.06. The molecule has 1 N–H and O–H groups in total. The number of hydrogen-bond donors (Lipinski definition) is 1. The second kappa shape index (κ2) is 8.96. The Kier molecular flexibility index (Phi) is 6.23. The summed E-state index contributed by atoms with van der Waals surface area (Å²) >= 11 is 3.50. The van der Waals surface area contributed by atoms with Crippen molar-refractivity contribution in [1.29, 1.82) is 0 Å². The topological polar surface area (TPSA) is 94.9 Å². The lowest BCUT2D eigenvalue weighted by molar-refractivity contribution is -0.141. The van der Waals surface area contributed by atoms with Crippen LogP contribution in [0.3, 0.4) is 0 Å². The molecule has 0 radical (unpaired) electrons. The molecule has 0 bridgehead atoms. The third-order valence-electron chi connectivity index (χ3n) is 4.98. The van der Waals surface area contributed by atoms with Crippen molar-refractivity contribution in [3.05, 3.63) is 52.1 Å². The molecule has 13 heteroatoms. The van der Waals surface area contributed by atoms with Crippen LogP contribution in [0.25, 0.3) is 17.0 Å². The Bertz CT molecular complexity index is 1310. The van der Waals surface area contributed by atoms with Crippen LogP contribution in [0.5, 0.6) is 0 Å². The van der Waals surface area contributed by atoms with Gasteiger partial charge in [0.15, 0.2) is 17.0 Å². The maximum Gasteiger partial charge on any atom is 0.435 e. The normalized spacial score (nSPS) is 11.9. The highest BCUT2D eigenvalue weighted by Gasteiger charge is 2.34. The minimum atomic E-state index is -4.48. The molecule has 174 valence electrons. The zero-order valence-electron chi connectivity index (χ0n) is 17.8. The van der Waals surface area contributed by atoms with Crippen LogP contribution in [0.15, 0.2) is 35.1 Å². The third-order valence-corrected chi connectivity index (χ3v) is 5.56. The first kappa shape index (κ1) is 23.0. The van der Waals surface area contributed by atoms with E-state index in [1.165, 1.54) is 4.68 Å². The number of aryl methyl sites for hydroxylation is 3. The van der Waals surface area contributed by atoms with Crippen molar-refractivity contribution in [1.82, 2.24) is 39.5 Å². The highest BCUT2D eigenvalue weighted by atomic mass is 79.9. The summed E-state index contributed by atoms with van der Waals surface area (Å²) in [6.45, 7) is 4.73. The van der Waals surface area contributed by atoms with Crippen LogP contribution < -0.4 is 5.32 Å². The summed E-state index contributed by atoms with van der Waals surface area (Å²) in [7, 11) is 0. The van der Waals surface area contributed by atoms with Crippen LogP contribution in [-0.4, -0.2) is 46.6 Å².